The van der Waals surface area contributed by atoms with Crippen LogP contribution in [0.15, 0.2) is 59.9 Å². The molecule has 0 bridgehead atoms. The molecule has 1 aromatic carbocycles. The van der Waals surface area contributed by atoms with Crippen LogP contribution in [-0.4, -0.2) is 27.6 Å². The number of pyridine rings is 1. The van der Waals surface area contributed by atoms with Crippen LogP contribution in [0.1, 0.15) is 51.2 Å². The molecule has 0 unspecified atom stereocenters. The van der Waals surface area contributed by atoms with E-state index < -0.39 is 5.97 Å². The molecular weight excluding hydrogens is 378 g/mol. The molecule has 1 aromatic heterocycles. The monoisotopic (exact) mass is 405 g/mol. The summed E-state index contributed by atoms with van der Waals surface area (Å²) in [5.41, 5.74) is 3.42. The summed E-state index contributed by atoms with van der Waals surface area (Å²) in [7, 11) is 0. The van der Waals surface area contributed by atoms with E-state index in [2.05, 4.69) is 20.6 Å². The van der Waals surface area contributed by atoms with Crippen LogP contribution < -0.4 is 10.6 Å². The summed E-state index contributed by atoms with van der Waals surface area (Å²) in [5.74, 6) is -0.407. The van der Waals surface area contributed by atoms with Gasteiger partial charge >= 0.3 is 5.97 Å². The maximum atomic E-state index is 10.8. The highest BCUT2D eigenvalue weighted by molar-refractivity contribution is 5.95. The smallest absolute Gasteiger partial charge is 0.303 e. The van der Waals surface area contributed by atoms with Crippen molar-refractivity contribution in [2.24, 2.45) is 4.99 Å². The van der Waals surface area contributed by atoms with Gasteiger partial charge in [-0.25, -0.2) is 4.99 Å². The number of carbonyl (C=O) groups is 1. The first-order valence-corrected chi connectivity index (χ1v) is 9.73. The van der Waals surface area contributed by atoms with Crippen LogP contribution in [0, 0.1) is 11.5 Å². The Morgan fingerprint density at radius 3 is 2.53 bits per heavy atom. The van der Waals surface area contributed by atoms with Crippen molar-refractivity contribution in [2.75, 3.05) is 5.32 Å². The van der Waals surface area contributed by atoms with Gasteiger partial charge < -0.3 is 10.4 Å². The van der Waals surface area contributed by atoms with Crippen LogP contribution in [0.2, 0.25) is 0 Å². The summed E-state index contributed by atoms with van der Waals surface area (Å²) in [4.78, 5) is 19.4. The number of unbranched alkanes of at least 4 members (excludes halogenated alkanes) is 1. The minimum atomic E-state index is -0.791. The number of anilines is 1. The van der Waals surface area contributed by atoms with Gasteiger partial charge in [0, 0.05) is 30.1 Å². The topological polar surface area (TPSA) is 110 Å². The number of aliphatic imine (C=N–C) groups is 1. The van der Waals surface area contributed by atoms with Crippen molar-refractivity contribution in [2.45, 2.75) is 45.6 Å². The lowest BCUT2D eigenvalue weighted by Gasteiger charge is -2.16. The van der Waals surface area contributed by atoms with Gasteiger partial charge in [0.05, 0.1) is 5.54 Å². The maximum Gasteiger partial charge on any atom is 0.303 e. The van der Waals surface area contributed by atoms with Gasteiger partial charge in [-0.15, -0.1) is 0 Å². The molecule has 0 amide bonds. The van der Waals surface area contributed by atoms with Crippen LogP contribution in [0.4, 0.5) is 5.69 Å². The number of nitrogens with zero attached hydrogens (tertiary/aromatic N) is 3. The van der Waals surface area contributed by atoms with Crippen molar-refractivity contribution < 1.29 is 9.90 Å². The van der Waals surface area contributed by atoms with Crippen molar-refractivity contribution in [1.29, 1.82) is 5.26 Å². The Morgan fingerprint density at radius 1 is 1.23 bits per heavy atom. The molecule has 1 heterocycles. The molecule has 0 aliphatic rings. The number of allylic oxidation sites excluding steroid dienone is 1. The second kappa shape index (κ2) is 10.8. The second-order valence-electron chi connectivity index (χ2n) is 7.72. The van der Waals surface area contributed by atoms with Crippen LogP contribution in [0.25, 0.3) is 5.57 Å². The molecule has 7 heteroatoms. The lowest BCUT2D eigenvalue weighted by molar-refractivity contribution is -0.137. The van der Waals surface area contributed by atoms with Gasteiger partial charge in [-0.2, -0.15) is 5.26 Å². The fraction of sp³-hybridized carbons (Fsp3) is 0.304. The molecule has 0 radical (unpaired) electrons. The van der Waals surface area contributed by atoms with E-state index in [1.54, 1.807) is 12.4 Å². The Bertz CT molecular complexity index is 936. The highest BCUT2D eigenvalue weighted by Crippen LogP contribution is 2.25. The van der Waals surface area contributed by atoms with Gasteiger partial charge in [0.1, 0.15) is 0 Å². The quantitative estimate of drug-likeness (QED) is 0.207. The van der Waals surface area contributed by atoms with E-state index >= 15 is 0 Å². The third kappa shape index (κ3) is 7.76. The number of aliphatic carboxylic acids is 1. The van der Waals surface area contributed by atoms with Crippen LogP contribution in [-0.2, 0) is 4.79 Å². The fourth-order valence-corrected chi connectivity index (χ4v) is 2.77. The number of hydrogen-bond acceptors (Lipinski definition) is 4. The number of guanidine groups is 1. The predicted molar refractivity (Wildman–Crippen MR) is 119 cm³/mol. The normalized spacial score (nSPS) is 12.2. The first-order valence-electron chi connectivity index (χ1n) is 9.73. The largest absolute Gasteiger partial charge is 0.481 e. The molecule has 3 N–H and O–H groups in total. The van der Waals surface area contributed by atoms with Gasteiger partial charge in [0.2, 0.25) is 5.96 Å². The maximum absolute atomic E-state index is 10.8. The standard InChI is InChI=1S/C23H27N5O2/c1-23(2,3)28-22(26-16-24)27-19-12-10-17(11-13-19)20(8-4-5-9-21(29)30)18-7-6-14-25-15-18/h6-8,10-15H,4-5,9H2,1-3H3,(H,29,30)(H2,26,27,28)/b20-8+. The summed E-state index contributed by atoms with van der Waals surface area (Å²) >= 11 is 0. The van der Waals surface area contributed by atoms with Gasteiger partial charge in [-0.1, -0.05) is 24.3 Å². The van der Waals surface area contributed by atoms with Crippen LogP contribution in [0.5, 0.6) is 0 Å². The number of hydrogen-bond donors (Lipinski definition) is 3. The van der Waals surface area contributed by atoms with Crippen LogP contribution in [0.3, 0.4) is 0 Å². The van der Waals surface area contributed by atoms with E-state index in [0.29, 0.717) is 18.8 Å². The highest BCUT2D eigenvalue weighted by Gasteiger charge is 2.11. The van der Waals surface area contributed by atoms with Crippen LogP contribution >= 0.6 is 0 Å². The Hall–Kier alpha value is -3.66. The zero-order chi connectivity index (χ0) is 22.0. The number of nitrogens with one attached hydrogen (secondary N) is 2. The van der Waals surface area contributed by atoms with Gasteiger partial charge in [-0.3, -0.25) is 15.1 Å². The zero-order valence-corrected chi connectivity index (χ0v) is 17.5. The minimum Gasteiger partial charge on any atom is -0.481 e. The molecule has 0 saturated carbocycles. The Morgan fingerprint density at radius 2 is 1.97 bits per heavy atom. The minimum absolute atomic E-state index is 0.140. The third-order valence-corrected chi connectivity index (χ3v) is 4.00. The van der Waals surface area contributed by atoms with Crippen molar-refractivity contribution >= 4 is 23.2 Å². The average Bonchev–Trinajstić information content (AvgIpc) is 2.68. The Balaban J connectivity index is 2.24. The van der Waals surface area contributed by atoms with Crippen molar-refractivity contribution in [1.82, 2.24) is 10.3 Å². The zero-order valence-electron chi connectivity index (χ0n) is 17.5. The van der Waals surface area contributed by atoms with E-state index in [0.717, 1.165) is 22.4 Å². The van der Waals surface area contributed by atoms with E-state index in [9.17, 15) is 4.79 Å². The van der Waals surface area contributed by atoms with Crippen molar-refractivity contribution in [3.8, 4) is 6.19 Å². The number of nitriles is 1. The molecule has 7 nitrogen and oxygen atoms in total. The van der Waals surface area contributed by atoms with E-state index in [-0.39, 0.29) is 12.0 Å². The number of rotatable bonds is 7. The molecule has 0 atom stereocenters. The van der Waals surface area contributed by atoms with E-state index in [4.69, 9.17) is 10.4 Å². The molecular formula is C23H27N5O2. The van der Waals surface area contributed by atoms with Gasteiger partial charge in [0.15, 0.2) is 6.19 Å². The molecule has 30 heavy (non-hydrogen) atoms. The molecule has 2 aromatic rings. The summed E-state index contributed by atoms with van der Waals surface area (Å²) in [6.45, 7) is 5.85. The summed E-state index contributed by atoms with van der Waals surface area (Å²) in [5, 5.41) is 23.5. The van der Waals surface area contributed by atoms with E-state index in [1.807, 2.05) is 69.4 Å². The van der Waals surface area contributed by atoms with Gasteiger partial charge in [0.25, 0.3) is 0 Å². The Labute approximate surface area is 177 Å². The molecule has 0 saturated heterocycles. The molecule has 0 aliphatic heterocycles. The fourth-order valence-electron chi connectivity index (χ4n) is 2.77. The lowest BCUT2D eigenvalue weighted by Crippen LogP contribution is -2.30. The SMILES string of the molecule is CC(C)(C)N=C(NC#N)Nc1ccc(/C(=C\CCCC(=O)O)c2cccnc2)cc1. The molecule has 0 aliphatic carbocycles. The summed E-state index contributed by atoms with van der Waals surface area (Å²) in [6, 6.07) is 11.6. The number of benzene rings is 1. The molecule has 0 spiro atoms. The first kappa shape index (κ1) is 22.6. The van der Waals surface area contributed by atoms with Crippen molar-refractivity contribution in [3.63, 3.8) is 0 Å². The summed E-state index contributed by atoms with van der Waals surface area (Å²) < 4.78 is 0. The molecule has 156 valence electrons. The first-order chi connectivity index (χ1) is 14.3. The van der Waals surface area contributed by atoms with Gasteiger partial charge in [-0.05, 0) is 62.9 Å². The second-order valence-corrected chi connectivity index (χ2v) is 7.72. The Kier molecular flexibility index (Phi) is 8.12. The number of carboxylic acid groups (broad SMARTS) is 1. The lowest BCUT2D eigenvalue weighted by atomic mass is 9.97. The summed E-state index contributed by atoms with van der Waals surface area (Å²) in [6.07, 6.45) is 8.83. The van der Waals surface area contributed by atoms with E-state index in [1.165, 1.54) is 0 Å². The molecule has 2 rings (SSSR count). The average molecular weight is 406 g/mol. The highest BCUT2D eigenvalue weighted by atomic mass is 16.4. The number of carboxylic acids is 1. The third-order valence-electron chi connectivity index (χ3n) is 4.00. The van der Waals surface area contributed by atoms with Crippen molar-refractivity contribution in [3.05, 3.63) is 66.0 Å². The molecule has 0 fully saturated rings. The number of aromatic nitrogens is 1. The predicted octanol–water partition coefficient (Wildman–Crippen LogP) is 4.41.